The van der Waals surface area contributed by atoms with Gasteiger partial charge in [0.2, 0.25) is 0 Å². The zero-order valence-corrected chi connectivity index (χ0v) is 17.8. The van der Waals surface area contributed by atoms with Crippen molar-refractivity contribution < 1.29 is 4.74 Å². The first-order valence-electron chi connectivity index (χ1n) is 8.70. The summed E-state index contributed by atoms with van der Waals surface area (Å²) in [5.41, 5.74) is 1.24. The molecule has 1 N–H and O–H groups in total. The van der Waals surface area contributed by atoms with Gasteiger partial charge >= 0.3 is 0 Å². The number of nitrogens with zero attached hydrogens (tertiary/aromatic N) is 4. The van der Waals surface area contributed by atoms with Crippen molar-refractivity contribution in [2.24, 2.45) is 4.99 Å². The van der Waals surface area contributed by atoms with Gasteiger partial charge in [-0.15, -0.1) is 24.0 Å². The summed E-state index contributed by atoms with van der Waals surface area (Å²) in [5.74, 6) is 1.84. The summed E-state index contributed by atoms with van der Waals surface area (Å²) in [6, 6.07) is 8.79. The van der Waals surface area contributed by atoms with Gasteiger partial charge < -0.3 is 15.0 Å². The minimum absolute atomic E-state index is 0. The predicted octanol–water partition coefficient (Wildman–Crippen LogP) is 1.32. The standard InChI is InChI=1S/C18H29N5O.HI/c1-19-18(20-12-16-14-22-8-10-23(16)11-9-22)21(2)13-15-4-6-17(24-3)7-5-15;/h4-7,16H,8-14H2,1-3H3,(H,19,20);1H. The van der Waals surface area contributed by atoms with Crippen LogP contribution in [0.2, 0.25) is 0 Å². The van der Waals surface area contributed by atoms with Gasteiger partial charge in [-0.2, -0.15) is 0 Å². The molecule has 0 amide bonds. The maximum absolute atomic E-state index is 5.21. The molecule has 25 heavy (non-hydrogen) atoms. The molecule has 0 aromatic heterocycles. The molecule has 1 aromatic rings. The van der Waals surface area contributed by atoms with Crippen molar-refractivity contribution in [3.63, 3.8) is 0 Å². The van der Waals surface area contributed by atoms with Crippen LogP contribution in [-0.4, -0.2) is 87.2 Å². The second-order valence-corrected chi connectivity index (χ2v) is 6.62. The number of guanidine groups is 1. The fourth-order valence-corrected chi connectivity index (χ4v) is 3.59. The highest BCUT2D eigenvalue weighted by Crippen LogP contribution is 2.15. The normalized spacial score (nSPS) is 25.2. The second-order valence-electron chi connectivity index (χ2n) is 6.62. The fourth-order valence-electron chi connectivity index (χ4n) is 3.59. The van der Waals surface area contributed by atoms with Crippen molar-refractivity contribution in [2.75, 3.05) is 60.5 Å². The summed E-state index contributed by atoms with van der Waals surface area (Å²) < 4.78 is 5.21. The molecule has 2 bridgehead atoms. The molecule has 0 saturated carbocycles. The molecule has 1 aromatic carbocycles. The van der Waals surface area contributed by atoms with E-state index in [2.05, 4.69) is 44.2 Å². The number of methoxy groups -OCH3 is 1. The van der Waals surface area contributed by atoms with Gasteiger partial charge in [-0.05, 0) is 17.7 Å². The van der Waals surface area contributed by atoms with Crippen molar-refractivity contribution >= 4 is 29.9 Å². The van der Waals surface area contributed by atoms with E-state index in [4.69, 9.17) is 4.74 Å². The summed E-state index contributed by atoms with van der Waals surface area (Å²) in [5, 5.41) is 3.55. The molecule has 0 radical (unpaired) electrons. The first-order chi connectivity index (χ1) is 11.7. The molecule has 3 heterocycles. The Labute approximate surface area is 168 Å². The largest absolute Gasteiger partial charge is 0.497 e. The molecule has 3 fully saturated rings. The average molecular weight is 459 g/mol. The van der Waals surface area contributed by atoms with Crippen molar-refractivity contribution in [3.8, 4) is 5.75 Å². The molecule has 3 saturated heterocycles. The van der Waals surface area contributed by atoms with Crippen molar-refractivity contribution in [1.82, 2.24) is 20.0 Å². The van der Waals surface area contributed by atoms with Crippen molar-refractivity contribution in [1.29, 1.82) is 0 Å². The molecule has 4 rings (SSSR count). The third-order valence-electron chi connectivity index (χ3n) is 5.04. The average Bonchev–Trinajstić information content (AvgIpc) is 2.64. The lowest BCUT2D eigenvalue weighted by molar-refractivity contribution is 0.0152. The van der Waals surface area contributed by atoms with Gasteiger partial charge in [0.1, 0.15) is 5.75 Å². The van der Waals surface area contributed by atoms with Crippen LogP contribution < -0.4 is 10.1 Å². The van der Waals surface area contributed by atoms with Gasteiger partial charge in [-0.1, -0.05) is 12.1 Å². The van der Waals surface area contributed by atoms with Crippen molar-refractivity contribution in [2.45, 2.75) is 12.6 Å². The van der Waals surface area contributed by atoms with Gasteiger partial charge in [-0.25, -0.2) is 0 Å². The zero-order chi connectivity index (χ0) is 16.9. The van der Waals surface area contributed by atoms with Crippen LogP contribution in [0.25, 0.3) is 0 Å². The van der Waals surface area contributed by atoms with Gasteiger partial charge in [0.25, 0.3) is 0 Å². The highest BCUT2D eigenvalue weighted by Gasteiger charge is 2.31. The molecule has 3 aliphatic heterocycles. The Morgan fingerprint density at radius 1 is 1.24 bits per heavy atom. The highest BCUT2D eigenvalue weighted by molar-refractivity contribution is 14.0. The summed E-state index contributed by atoms with van der Waals surface area (Å²) in [4.78, 5) is 11.8. The van der Waals surface area contributed by atoms with Crippen LogP contribution in [0.4, 0.5) is 0 Å². The number of aliphatic imine (C=N–C) groups is 1. The smallest absolute Gasteiger partial charge is 0.193 e. The predicted molar refractivity (Wildman–Crippen MR) is 113 cm³/mol. The van der Waals surface area contributed by atoms with E-state index in [0.29, 0.717) is 6.04 Å². The summed E-state index contributed by atoms with van der Waals surface area (Å²) >= 11 is 0. The second kappa shape index (κ2) is 9.59. The third kappa shape index (κ3) is 5.21. The van der Waals surface area contributed by atoms with Crippen LogP contribution >= 0.6 is 24.0 Å². The number of rotatable bonds is 5. The lowest BCUT2D eigenvalue weighted by atomic mass is 10.1. The van der Waals surface area contributed by atoms with E-state index in [0.717, 1.165) is 24.8 Å². The minimum atomic E-state index is 0. The number of ether oxygens (including phenoxy) is 1. The SMILES string of the molecule is CN=C(NCC1CN2CCN1CC2)N(C)Cc1ccc(OC)cc1.I. The van der Waals surface area contributed by atoms with Gasteiger partial charge in [-0.3, -0.25) is 14.8 Å². The Hall–Kier alpha value is -1.06. The Morgan fingerprint density at radius 2 is 1.92 bits per heavy atom. The maximum Gasteiger partial charge on any atom is 0.193 e. The number of hydrogen-bond donors (Lipinski definition) is 1. The molecule has 0 aliphatic carbocycles. The molecule has 6 nitrogen and oxygen atoms in total. The number of fused-ring (bicyclic) bond motifs is 3. The maximum atomic E-state index is 5.21. The summed E-state index contributed by atoms with van der Waals surface area (Å²) in [6.07, 6.45) is 0. The Balaban J connectivity index is 0.00000225. The first kappa shape index (κ1) is 20.3. The van der Waals surface area contributed by atoms with E-state index in [1.165, 1.54) is 38.3 Å². The van der Waals surface area contributed by atoms with Crippen LogP contribution in [-0.2, 0) is 6.54 Å². The van der Waals surface area contributed by atoms with Gasteiger partial charge in [0.05, 0.1) is 7.11 Å². The van der Waals surface area contributed by atoms with Gasteiger partial charge in [0, 0.05) is 66.0 Å². The molecule has 140 valence electrons. The summed E-state index contributed by atoms with van der Waals surface area (Å²) in [7, 11) is 5.62. The number of benzene rings is 1. The minimum Gasteiger partial charge on any atom is -0.497 e. The third-order valence-corrected chi connectivity index (χ3v) is 5.04. The number of hydrogen-bond acceptors (Lipinski definition) is 4. The highest BCUT2D eigenvalue weighted by atomic mass is 127. The molecular weight excluding hydrogens is 429 g/mol. The van der Waals surface area contributed by atoms with Gasteiger partial charge in [0.15, 0.2) is 5.96 Å². The van der Waals surface area contributed by atoms with E-state index in [9.17, 15) is 0 Å². The van der Waals surface area contributed by atoms with E-state index in [-0.39, 0.29) is 24.0 Å². The van der Waals surface area contributed by atoms with Crippen LogP contribution in [0.5, 0.6) is 5.75 Å². The van der Waals surface area contributed by atoms with Crippen LogP contribution in [0.15, 0.2) is 29.3 Å². The molecular formula is C18H30IN5O. The van der Waals surface area contributed by atoms with E-state index in [1.807, 2.05) is 19.2 Å². The van der Waals surface area contributed by atoms with Crippen molar-refractivity contribution in [3.05, 3.63) is 29.8 Å². The van der Waals surface area contributed by atoms with Crippen LogP contribution in [0.3, 0.4) is 0 Å². The lowest BCUT2D eigenvalue weighted by Crippen LogP contribution is -2.63. The Kier molecular flexibility index (Phi) is 7.77. The quantitative estimate of drug-likeness (QED) is 0.409. The molecule has 7 heteroatoms. The Morgan fingerprint density at radius 3 is 2.44 bits per heavy atom. The van der Waals surface area contributed by atoms with E-state index >= 15 is 0 Å². The van der Waals surface area contributed by atoms with Crippen LogP contribution in [0.1, 0.15) is 5.56 Å². The van der Waals surface area contributed by atoms with Crippen LogP contribution in [0, 0.1) is 0 Å². The number of piperazine rings is 3. The number of nitrogens with one attached hydrogen (secondary N) is 1. The Bertz CT molecular complexity index is 557. The topological polar surface area (TPSA) is 43.3 Å². The fraction of sp³-hybridized carbons (Fsp3) is 0.611. The number of halogens is 1. The molecule has 1 unspecified atom stereocenters. The van der Waals surface area contributed by atoms with E-state index < -0.39 is 0 Å². The van der Waals surface area contributed by atoms with E-state index in [1.54, 1.807) is 7.11 Å². The molecule has 0 spiro atoms. The lowest BCUT2D eigenvalue weighted by Gasteiger charge is -2.47. The summed E-state index contributed by atoms with van der Waals surface area (Å²) in [6.45, 7) is 7.80. The first-order valence-corrected chi connectivity index (χ1v) is 8.70. The zero-order valence-electron chi connectivity index (χ0n) is 15.4. The molecule has 3 aliphatic rings. The monoisotopic (exact) mass is 459 g/mol. The molecule has 1 atom stereocenters.